The molecule has 0 spiro atoms. The van der Waals surface area contributed by atoms with E-state index in [-0.39, 0.29) is 0 Å². The smallest absolute Gasteiger partial charge is 0.100 e. The Morgan fingerprint density at radius 3 is 1.67 bits per heavy atom. The molecule has 0 aliphatic heterocycles. The summed E-state index contributed by atoms with van der Waals surface area (Å²) in [5.41, 5.74) is 0. The first-order chi connectivity index (χ1) is 8.57. The van der Waals surface area contributed by atoms with Crippen LogP contribution in [-0.4, -0.2) is 12.5 Å². The molecule has 0 aliphatic rings. The van der Waals surface area contributed by atoms with Gasteiger partial charge in [-0.15, -0.1) is 4.21 Å². The molecule has 90 valence electrons. The van der Waals surface area contributed by atoms with Crippen molar-refractivity contribution in [3.8, 4) is 0 Å². The zero-order valence-electron chi connectivity index (χ0n) is 10.5. The Hall–Kier alpha value is -1.67. The highest BCUT2D eigenvalue weighted by Gasteiger charge is 2.24. The van der Waals surface area contributed by atoms with Gasteiger partial charge in [0, 0.05) is 10.8 Å². The highest BCUT2D eigenvalue weighted by atomic mass is 32.2. The van der Waals surface area contributed by atoms with Gasteiger partial charge >= 0.3 is 0 Å². The van der Waals surface area contributed by atoms with E-state index in [1.165, 1.54) is 0 Å². The lowest BCUT2D eigenvalue weighted by molar-refractivity contribution is 0.592. The molecule has 0 aromatic heterocycles. The van der Waals surface area contributed by atoms with Crippen molar-refractivity contribution in [1.29, 1.82) is 0 Å². The quantitative estimate of drug-likeness (QED) is 0.472. The van der Waals surface area contributed by atoms with Crippen LogP contribution < -0.4 is 0 Å². The molecule has 2 heteroatoms. The molecular weight excluding hydrogens is 240 g/mol. The maximum atomic E-state index is 12.6. The van der Waals surface area contributed by atoms with Crippen LogP contribution in [0.1, 0.15) is 0 Å². The van der Waals surface area contributed by atoms with Gasteiger partial charge in [-0.1, -0.05) is 36.4 Å². The molecule has 3 aromatic carbocycles. The Labute approximate surface area is 108 Å². The summed E-state index contributed by atoms with van der Waals surface area (Å²) >= 11 is 0. The zero-order valence-corrected chi connectivity index (χ0v) is 11.3. The van der Waals surface area contributed by atoms with Crippen LogP contribution in [0.4, 0.5) is 0 Å². The summed E-state index contributed by atoms with van der Waals surface area (Å²) in [6.45, 7) is 0. The fourth-order valence-electron chi connectivity index (χ4n) is 2.50. The van der Waals surface area contributed by atoms with Gasteiger partial charge in [0.2, 0.25) is 0 Å². The van der Waals surface area contributed by atoms with E-state index in [0.29, 0.717) is 0 Å². The van der Waals surface area contributed by atoms with Crippen LogP contribution in [0.15, 0.2) is 59.5 Å². The highest BCUT2D eigenvalue weighted by Crippen LogP contribution is 2.33. The maximum absolute atomic E-state index is 12.6. The summed E-state index contributed by atoms with van der Waals surface area (Å²) in [7, 11) is -2.01. The van der Waals surface area contributed by atoms with Crippen LogP contribution in [0, 0.1) is 0 Å². The molecule has 0 bridgehead atoms. The van der Waals surface area contributed by atoms with Gasteiger partial charge in [0.1, 0.15) is 22.4 Å². The molecule has 0 amide bonds. The van der Waals surface area contributed by atoms with Crippen LogP contribution in [-0.2, 0) is 14.1 Å². The minimum absolute atomic E-state index is 0.983. The van der Waals surface area contributed by atoms with Crippen molar-refractivity contribution in [1.82, 2.24) is 0 Å². The standard InChI is InChI=1S/C16H15OS/c1-18(2,17)16-14-9-5-3-7-12(14)11-13-8-4-6-10-15(13)16/h3-11H,1-2H3/q+1. The Morgan fingerprint density at radius 2 is 1.22 bits per heavy atom. The lowest BCUT2D eigenvalue weighted by atomic mass is 10.0. The second-order valence-corrected chi connectivity index (χ2v) is 7.76. The molecule has 0 saturated heterocycles. The third-order valence-electron chi connectivity index (χ3n) is 3.21. The molecule has 0 atom stereocenters. The lowest BCUT2D eigenvalue weighted by Gasteiger charge is -2.09. The molecule has 3 rings (SSSR count). The summed E-state index contributed by atoms with van der Waals surface area (Å²) in [6.07, 6.45) is 3.64. The molecule has 0 unspecified atom stereocenters. The van der Waals surface area contributed by atoms with E-state index in [1.54, 1.807) is 0 Å². The van der Waals surface area contributed by atoms with E-state index in [9.17, 15) is 4.21 Å². The predicted octanol–water partition coefficient (Wildman–Crippen LogP) is 4.11. The van der Waals surface area contributed by atoms with Crippen LogP contribution in [0.3, 0.4) is 0 Å². The Kier molecular flexibility index (Phi) is 2.49. The first-order valence-electron chi connectivity index (χ1n) is 5.92. The van der Waals surface area contributed by atoms with E-state index >= 15 is 0 Å². The first kappa shape index (κ1) is 11.4. The average molecular weight is 255 g/mol. The summed E-state index contributed by atoms with van der Waals surface area (Å²) in [6, 6.07) is 18.5. The van der Waals surface area contributed by atoms with E-state index in [4.69, 9.17) is 0 Å². The second-order valence-electron chi connectivity index (χ2n) is 4.88. The Bertz CT molecular complexity index is 729. The Morgan fingerprint density at radius 1 is 0.778 bits per heavy atom. The molecule has 0 heterocycles. The van der Waals surface area contributed by atoms with Gasteiger partial charge in [0.15, 0.2) is 4.90 Å². The summed E-state index contributed by atoms with van der Waals surface area (Å²) in [4.78, 5) is 0.983. The van der Waals surface area contributed by atoms with E-state index in [0.717, 1.165) is 26.4 Å². The van der Waals surface area contributed by atoms with Crippen molar-refractivity contribution in [2.45, 2.75) is 4.90 Å². The van der Waals surface area contributed by atoms with Gasteiger partial charge in [-0.05, 0) is 29.0 Å². The SMILES string of the molecule is C[S+](C)(=O)c1c2ccccc2cc2ccccc12. The summed E-state index contributed by atoms with van der Waals surface area (Å²) in [5.74, 6) is 0. The van der Waals surface area contributed by atoms with E-state index in [1.807, 2.05) is 36.8 Å². The molecule has 0 aliphatic carbocycles. The largest absolute Gasteiger partial charge is 0.173 e. The summed E-state index contributed by atoms with van der Waals surface area (Å²) in [5, 5.41) is 4.52. The third kappa shape index (κ3) is 1.73. The second kappa shape index (κ2) is 3.92. The van der Waals surface area contributed by atoms with Crippen LogP contribution in [0.5, 0.6) is 0 Å². The lowest BCUT2D eigenvalue weighted by Crippen LogP contribution is -2.06. The van der Waals surface area contributed by atoms with Gasteiger partial charge < -0.3 is 0 Å². The number of benzene rings is 3. The van der Waals surface area contributed by atoms with Crippen molar-refractivity contribution in [3.05, 3.63) is 54.6 Å². The van der Waals surface area contributed by atoms with Crippen molar-refractivity contribution in [3.63, 3.8) is 0 Å². The van der Waals surface area contributed by atoms with Crippen LogP contribution in [0.25, 0.3) is 21.5 Å². The van der Waals surface area contributed by atoms with E-state index in [2.05, 4.69) is 30.3 Å². The van der Waals surface area contributed by atoms with Crippen molar-refractivity contribution in [2.75, 3.05) is 12.5 Å². The van der Waals surface area contributed by atoms with Gasteiger partial charge in [-0.2, -0.15) is 0 Å². The molecule has 1 nitrogen and oxygen atoms in total. The van der Waals surface area contributed by atoms with Gasteiger partial charge in [0.05, 0.1) is 0 Å². The normalized spacial score (nSPS) is 12.1. The highest BCUT2D eigenvalue weighted by molar-refractivity contribution is 8.02. The average Bonchev–Trinajstić information content (AvgIpc) is 2.34. The molecule has 3 aromatic rings. The Balaban J connectivity index is 2.63. The zero-order chi connectivity index (χ0) is 12.8. The topological polar surface area (TPSA) is 17.1 Å². The molecular formula is C16H15OS+. The van der Waals surface area contributed by atoms with Gasteiger partial charge in [0.25, 0.3) is 0 Å². The third-order valence-corrected chi connectivity index (χ3v) is 4.64. The minimum Gasteiger partial charge on any atom is -0.100 e. The number of hydrogen-bond acceptors (Lipinski definition) is 1. The van der Waals surface area contributed by atoms with Gasteiger partial charge in [-0.3, -0.25) is 0 Å². The van der Waals surface area contributed by atoms with Crippen molar-refractivity contribution < 1.29 is 4.21 Å². The predicted molar refractivity (Wildman–Crippen MR) is 79.6 cm³/mol. The van der Waals surface area contributed by atoms with Crippen LogP contribution in [0.2, 0.25) is 0 Å². The van der Waals surface area contributed by atoms with E-state index < -0.39 is 9.93 Å². The van der Waals surface area contributed by atoms with Gasteiger partial charge in [-0.25, -0.2) is 0 Å². The van der Waals surface area contributed by atoms with Crippen molar-refractivity contribution >= 4 is 31.5 Å². The number of fused-ring (bicyclic) bond motifs is 2. The molecule has 0 fully saturated rings. The number of rotatable bonds is 1. The van der Waals surface area contributed by atoms with Crippen LogP contribution >= 0.6 is 0 Å². The fraction of sp³-hybridized carbons (Fsp3) is 0.125. The fourth-order valence-corrected chi connectivity index (χ4v) is 3.93. The van der Waals surface area contributed by atoms with Crippen molar-refractivity contribution in [2.24, 2.45) is 0 Å². The molecule has 18 heavy (non-hydrogen) atoms. The summed E-state index contributed by atoms with van der Waals surface area (Å²) < 4.78 is 12.6. The molecule has 0 saturated carbocycles. The minimum atomic E-state index is -2.01. The number of hydrogen-bond donors (Lipinski definition) is 0. The molecule has 0 radical (unpaired) electrons. The monoisotopic (exact) mass is 255 g/mol. The first-order valence-corrected chi connectivity index (χ1v) is 8.29. The maximum Gasteiger partial charge on any atom is 0.173 e. The molecule has 0 N–H and O–H groups in total.